The van der Waals surface area contributed by atoms with E-state index in [2.05, 4.69) is 27.6 Å². The normalized spacial score (nSPS) is 18.6. The Hall–Kier alpha value is -1.40. The fraction of sp³-hybridized carbons (Fsp3) is 0.692. The minimum absolute atomic E-state index is 0.568. The Bertz CT molecular complexity index is 418. The fourth-order valence-corrected chi connectivity index (χ4v) is 2.20. The summed E-state index contributed by atoms with van der Waals surface area (Å²) in [6, 6.07) is 0. The largest absolute Gasteiger partial charge is 0.381 e. The van der Waals surface area contributed by atoms with Crippen LogP contribution in [0.25, 0.3) is 0 Å². The van der Waals surface area contributed by atoms with Crippen molar-refractivity contribution in [3.8, 4) is 0 Å². The molecule has 2 rings (SSSR count). The monoisotopic (exact) mass is 265 g/mol. The molecule has 4 N–H and O–H groups in total. The minimum Gasteiger partial charge on any atom is -0.381 e. The van der Waals surface area contributed by atoms with Gasteiger partial charge < -0.3 is 15.5 Å². The first-order valence-electron chi connectivity index (χ1n) is 6.90. The molecular weight excluding hydrogens is 242 g/mol. The standard InChI is InChI=1S/C13H23N5O/c1-3-4-11-16-12(9(2)13(17-11)18-14)15-7-10-5-6-19-8-10/h10H,3-8,14H2,1-2H3,(H2,15,16,17,18). The molecule has 1 unspecified atom stereocenters. The molecule has 1 aromatic rings. The van der Waals surface area contributed by atoms with Crippen molar-refractivity contribution in [3.63, 3.8) is 0 Å². The van der Waals surface area contributed by atoms with E-state index in [1.54, 1.807) is 0 Å². The maximum absolute atomic E-state index is 5.51. The first-order valence-corrected chi connectivity index (χ1v) is 6.90. The van der Waals surface area contributed by atoms with Gasteiger partial charge in [-0.2, -0.15) is 0 Å². The van der Waals surface area contributed by atoms with Crippen LogP contribution in [-0.2, 0) is 11.2 Å². The highest BCUT2D eigenvalue weighted by Crippen LogP contribution is 2.21. The number of nitrogens with two attached hydrogens (primary N) is 1. The van der Waals surface area contributed by atoms with Crippen LogP contribution >= 0.6 is 0 Å². The number of hydrazine groups is 1. The van der Waals surface area contributed by atoms with Crippen molar-refractivity contribution in [1.29, 1.82) is 0 Å². The number of nitrogens with one attached hydrogen (secondary N) is 2. The van der Waals surface area contributed by atoms with Crippen molar-refractivity contribution >= 4 is 11.6 Å². The third kappa shape index (κ3) is 3.54. The van der Waals surface area contributed by atoms with Gasteiger partial charge in [-0.05, 0) is 19.8 Å². The average Bonchev–Trinajstić information content (AvgIpc) is 2.92. The summed E-state index contributed by atoms with van der Waals surface area (Å²) in [6.07, 6.45) is 2.99. The molecule has 19 heavy (non-hydrogen) atoms. The van der Waals surface area contributed by atoms with Crippen molar-refractivity contribution in [2.24, 2.45) is 11.8 Å². The lowest BCUT2D eigenvalue weighted by Crippen LogP contribution is -2.18. The fourth-order valence-electron chi connectivity index (χ4n) is 2.20. The summed E-state index contributed by atoms with van der Waals surface area (Å²) < 4.78 is 5.38. The second-order valence-electron chi connectivity index (χ2n) is 4.97. The van der Waals surface area contributed by atoms with E-state index in [-0.39, 0.29) is 0 Å². The Morgan fingerprint density at radius 2 is 2.16 bits per heavy atom. The van der Waals surface area contributed by atoms with Gasteiger partial charge in [-0.15, -0.1) is 0 Å². The number of anilines is 2. The van der Waals surface area contributed by atoms with Crippen molar-refractivity contribution < 1.29 is 4.74 Å². The average molecular weight is 265 g/mol. The van der Waals surface area contributed by atoms with Gasteiger partial charge in [0.05, 0.1) is 6.61 Å². The third-order valence-electron chi connectivity index (χ3n) is 3.38. The van der Waals surface area contributed by atoms with Gasteiger partial charge >= 0.3 is 0 Å². The Morgan fingerprint density at radius 3 is 2.79 bits per heavy atom. The molecule has 1 fully saturated rings. The van der Waals surface area contributed by atoms with Crippen LogP contribution in [0.1, 0.15) is 31.2 Å². The van der Waals surface area contributed by atoms with Gasteiger partial charge in [-0.1, -0.05) is 6.92 Å². The van der Waals surface area contributed by atoms with Crippen molar-refractivity contribution in [3.05, 3.63) is 11.4 Å². The molecule has 0 amide bonds. The van der Waals surface area contributed by atoms with E-state index in [9.17, 15) is 0 Å². The number of hydrogen-bond donors (Lipinski definition) is 3. The van der Waals surface area contributed by atoms with E-state index in [0.717, 1.165) is 56.2 Å². The Balaban J connectivity index is 2.09. The molecule has 6 nitrogen and oxygen atoms in total. The number of nitrogen functional groups attached to an aromatic ring is 1. The van der Waals surface area contributed by atoms with Crippen LogP contribution in [-0.4, -0.2) is 29.7 Å². The lowest BCUT2D eigenvalue weighted by molar-refractivity contribution is 0.187. The quantitative estimate of drug-likeness (QED) is 0.533. The van der Waals surface area contributed by atoms with Gasteiger partial charge in [-0.3, -0.25) is 0 Å². The van der Waals surface area contributed by atoms with E-state index in [0.29, 0.717) is 11.7 Å². The van der Waals surface area contributed by atoms with E-state index >= 15 is 0 Å². The summed E-state index contributed by atoms with van der Waals surface area (Å²) >= 11 is 0. The van der Waals surface area contributed by atoms with Crippen molar-refractivity contribution in [2.75, 3.05) is 30.5 Å². The smallest absolute Gasteiger partial charge is 0.148 e. The molecule has 106 valence electrons. The first kappa shape index (κ1) is 14.0. The summed E-state index contributed by atoms with van der Waals surface area (Å²) in [6.45, 7) is 6.67. The van der Waals surface area contributed by atoms with E-state index in [4.69, 9.17) is 10.6 Å². The second kappa shape index (κ2) is 6.68. The highest BCUT2D eigenvalue weighted by molar-refractivity contribution is 5.56. The summed E-state index contributed by atoms with van der Waals surface area (Å²) in [5.74, 6) is 8.48. The summed E-state index contributed by atoms with van der Waals surface area (Å²) in [7, 11) is 0. The van der Waals surface area contributed by atoms with E-state index < -0.39 is 0 Å². The lowest BCUT2D eigenvalue weighted by Gasteiger charge is -2.15. The zero-order valence-electron chi connectivity index (χ0n) is 11.7. The van der Waals surface area contributed by atoms with Gasteiger partial charge in [0, 0.05) is 31.1 Å². The predicted molar refractivity (Wildman–Crippen MR) is 76.0 cm³/mol. The molecule has 1 aliphatic heterocycles. The van der Waals surface area contributed by atoms with Crippen LogP contribution in [0.4, 0.5) is 11.6 Å². The molecule has 0 radical (unpaired) electrons. The topological polar surface area (TPSA) is 85.1 Å². The zero-order valence-corrected chi connectivity index (χ0v) is 11.7. The maximum atomic E-state index is 5.51. The molecule has 2 heterocycles. The second-order valence-corrected chi connectivity index (χ2v) is 4.97. The summed E-state index contributed by atoms with van der Waals surface area (Å²) in [5.41, 5.74) is 3.61. The predicted octanol–water partition coefficient (Wildman–Crippen LogP) is 1.47. The number of aryl methyl sites for hydroxylation is 1. The van der Waals surface area contributed by atoms with Crippen molar-refractivity contribution in [1.82, 2.24) is 9.97 Å². The first-order chi connectivity index (χ1) is 9.24. The number of aromatic nitrogens is 2. The molecule has 0 aromatic carbocycles. The lowest BCUT2D eigenvalue weighted by atomic mass is 10.1. The number of ether oxygens (including phenoxy) is 1. The van der Waals surface area contributed by atoms with Gasteiger partial charge in [0.1, 0.15) is 17.5 Å². The number of rotatable bonds is 6. The molecule has 1 aromatic heterocycles. The van der Waals surface area contributed by atoms with Crippen LogP contribution < -0.4 is 16.6 Å². The number of hydrogen-bond acceptors (Lipinski definition) is 6. The van der Waals surface area contributed by atoms with Gasteiger partial charge in [0.15, 0.2) is 0 Å². The third-order valence-corrected chi connectivity index (χ3v) is 3.38. The molecule has 0 saturated carbocycles. The highest BCUT2D eigenvalue weighted by atomic mass is 16.5. The summed E-state index contributed by atoms with van der Waals surface area (Å²) in [4.78, 5) is 8.98. The Kier molecular flexibility index (Phi) is 4.93. The minimum atomic E-state index is 0.568. The summed E-state index contributed by atoms with van der Waals surface area (Å²) in [5, 5.41) is 3.40. The van der Waals surface area contributed by atoms with Gasteiger partial charge in [0.25, 0.3) is 0 Å². The zero-order chi connectivity index (χ0) is 13.7. The van der Waals surface area contributed by atoms with Crippen LogP contribution in [0.2, 0.25) is 0 Å². The van der Waals surface area contributed by atoms with E-state index in [1.807, 2.05) is 6.92 Å². The molecule has 0 spiro atoms. The SMILES string of the molecule is CCCc1nc(NN)c(C)c(NCC2CCOC2)n1. The highest BCUT2D eigenvalue weighted by Gasteiger charge is 2.17. The number of nitrogens with zero attached hydrogens (tertiary/aromatic N) is 2. The van der Waals surface area contributed by atoms with Gasteiger partial charge in [-0.25, -0.2) is 15.8 Å². The van der Waals surface area contributed by atoms with Gasteiger partial charge in [0.2, 0.25) is 0 Å². The van der Waals surface area contributed by atoms with Crippen molar-refractivity contribution in [2.45, 2.75) is 33.1 Å². The molecular formula is C13H23N5O. The maximum Gasteiger partial charge on any atom is 0.148 e. The molecule has 6 heteroatoms. The van der Waals surface area contributed by atoms with Crippen LogP contribution in [0.3, 0.4) is 0 Å². The molecule has 0 bridgehead atoms. The Labute approximate surface area is 114 Å². The van der Waals surface area contributed by atoms with Crippen LogP contribution in [0.15, 0.2) is 0 Å². The Morgan fingerprint density at radius 1 is 1.37 bits per heavy atom. The molecule has 1 atom stereocenters. The molecule has 1 aliphatic rings. The van der Waals surface area contributed by atoms with Crippen LogP contribution in [0.5, 0.6) is 0 Å². The molecule has 1 saturated heterocycles. The molecule has 0 aliphatic carbocycles. The van der Waals surface area contributed by atoms with E-state index in [1.165, 1.54) is 0 Å². The van der Waals surface area contributed by atoms with Crippen LogP contribution in [0, 0.1) is 12.8 Å².